The summed E-state index contributed by atoms with van der Waals surface area (Å²) < 4.78 is 5.27. The van der Waals surface area contributed by atoms with Gasteiger partial charge in [0.05, 0.1) is 25.0 Å². The van der Waals surface area contributed by atoms with Crippen molar-refractivity contribution < 1.29 is 4.42 Å². The molecule has 20 heavy (non-hydrogen) atoms. The van der Waals surface area contributed by atoms with Crippen LogP contribution in [-0.2, 0) is 13.1 Å². The number of rotatable bonds is 5. The minimum Gasteiger partial charge on any atom is -0.467 e. The normalized spacial score (nSPS) is 15.3. The maximum absolute atomic E-state index is 5.27. The maximum Gasteiger partial charge on any atom is 0.191 e. The lowest BCUT2D eigenvalue weighted by molar-refractivity contribution is 0.501. The average Bonchev–Trinajstić information content (AvgIpc) is 3.01. The van der Waals surface area contributed by atoms with Gasteiger partial charge in [0, 0.05) is 18.3 Å². The molecule has 5 nitrogen and oxygen atoms in total. The SMILES string of the molecule is CN=C(NCc1ccco1)NCc1nc(C2CC2)cs1. The summed E-state index contributed by atoms with van der Waals surface area (Å²) in [7, 11) is 1.76. The Morgan fingerprint density at radius 2 is 2.30 bits per heavy atom. The third-order valence-electron chi connectivity index (χ3n) is 3.21. The van der Waals surface area contributed by atoms with Crippen LogP contribution in [0.1, 0.15) is 35.2 Å². The summed E-state index contributed by atoms with van der Waals surface area (Å²) in [4.78, 5) is 8.83. The number of furan rings is 1. The Hall–Kier alpha value is -1.82. The van der Waals surface area contributed by atoms with E-state index >= 15 is 0 Å². The van der Waals surface area contributed by atoms with Gasteiger partial charge in [0.2, 0.25) is 0 Å². The van der Waals surface area contributed by atoms with Crippen LogP contribution in [0.3, 0.4) is 0 Å². The topological polar surface area (TPSA) is 62.5 Å². The lowest BCUT2D eigenvalue weighted by Gasteiger charge is -2.09. The van der Waals surface area contributed by atoms with E-state index in [0.717, 1.165) is 22.6 Å². The highest BCUT2D eigenvalue weighted by Gasteiger charge is 2.25. The number of hydrogen-bond acceptors (Lipinski definition) is 4. The van der Waals surface area contributed by atoms with Crippen LogP contribution in [0, 0.1) is 0 Å². The minimum absolute atomic E-state index is 0.623. The van der Waals surface area contributed by atoms with Crippen molar-refractivity contribution in [1.29, 1.82) is 0 Å². The second kappa shape index (κ2) is 6.09. The van der Waals surface area contributed by atoms with Gasteiger partial charge in [0.1, 0.15) is 10.8 Å². The summed E-state index contributed by atoms with van der Waals surface area (Å²) in [5.74, 6) is 2.36. The van der Waals surface area contributed by atoms with Crippen molar-refractivity contribution in [2.75, 3.05) is 7.05 Å². The zero-order valence-corrected chi connectivity index (χ0v) is 12.2. The van der Waals surface area contributed by atoms with Gasteiger partial charge in [-0.1, -0.05) is 0 Å². The van der Waals surface area contributed by atoms with Crippen LogP contribution in [0.15, 0.2) is 33.2 Å². The predicted octanol–water partition coefficient (Wildman–Crippen LogP) is 2.48. The minimum atomic E-state index is 0.623. The third-order valence-corrected chi connectivity index (χ3v) is 4.07. The van der Waals surface area contributed by atoms with Gasteiger partial charge in [0.25, 0.3) is 0 Å². The monoisotopic (exact) mass is 290 g/mol. The zero-order valence-electron chi connectivity index (χ0n) is 11.4. The Morgan fingerprint density at radius 3 is 3.00 bits per heavy atom. The number of aliphatic imine (C=N–C) groups is 1. The van der Waals surface area contributed by atoms with Crippen LogP contribution in [0.2, 0.25) is 0 Å². The largest absolute Gasteiger partial charge is 0.467 e. The fourth-order valence-corrected chi connectivity index (χ4v) is 2.75. The fraction of sp³-hybridized carbons (Fsp3) is 0.429. The Balaban J connectivity index is 1.47. The predicted molar refractivity (Wildman–Crippen MR) is 79.8 cm³/mol. The van der Waals surface area contributed by atoms with Crippen LogP contribution in [0.25, 0.3) is 0 Å². The van der Waals surface area contributed by atoms with E-state index in [9.17, 15) is 0 Å². The van der Waals surface area contributed by atoms with Gasteiger partial charge in [0.15, 0.2) is 5.96 Å². The molecule has 2 aromatic rings. The van der Waals surface area contributed by atoms with Crippen molar-refractivity contribution in [2.45, 2.75) is 31.8 Å². The second-order valence-electron chi connectivity index (χ2n) is 4.80. The molecular formula is C14H18N4OS. The van der Waals surface area contributed by atoms with Crippen molar-refractivity contribution in [3.8, 4) is 0 Å². The average molecular weight is 290 g/mol. The summed E-state index contributed by atoms with van der Waals surface area (Å²) in [6.45, 7) is 1.33. The molecule has 0 aliphatic heterocycles. The molecule has 106 valence electrons. The standard InChI is InChI=1S/C14H18N4OS/c1-15-14(16-7-11-3-2-6-19-11)17-8-13-18-12(9-20-13)10-4-5-10/h2-3,6,9-10H,4-5,7-8H2,1H3,(H2,15,16,17). The molecule has 0 aromatic carbocycles. The molecule has 2 heterocycles. The van der Waals surface area contributed by atoms with Gasteiger partial charge in [-0.15, -0.1) is 11.3 Å². The molecule has 0 atom stereocenters. The summed E-state index contributed by atoms with van der Waals surface area (Å²) >= 11 is 1.71. The van der Waals surface area contributed by atoms with Crippen LogP contribution in [0.4, 0.5) is 0 Å². The van der Waals surface area contributed by atoms with Gasteiger partial charge < -0.3 is 15.1 Å². The molecule has 0 spiro atoms. The molecule has 1 aliphatic rings. The second-order valence-corrected chi connectivity index (χ2v) is 5.74. The van der Waals surface area contributed by atoms with Crippen molar-refractivity contribution in [1.82, 2.24) is 15.6 Å². The van der Waals surface area contributed by atoms with E-state index in [0.29, 0.717) is 13.1 Å². The van der Waals surface area contributed by atoms with Gasteiger partial charge in [-0.25, -0.2) is 4.98 Å². The quantitative estimate of drug-likeness (QED) is 0.656. The highest BCUT2D eigenvalue weighted by atomic mass is 32.1. The number of aromatic nitrogens is 1. The Kier molecular flexibility index (Phi) is 4.01. The van der Waals surface area contributed by atoms with Crippen LogP contribution in [0.5, 0.6) is 0 Å². The lowest BCUT2D eigenvalue weighted by atomic mass is 10.3. The van der Waals surface area contributed by atoms with Crippen molar-refractivity contribution in [3.63, 3.8) is 0 Å². The smallest absolute Gasteiger partial charge is 0.191 e. The molecule has 1 saturated carbocycles. The summed E-state index contributed by atoms with van der Waals surface area (Å²) in [6.07, 6.45) is 4.26. The van der Waals surface area contributed by atoms with Gasteiger partial charge in [-0.3, -0.25) is 4.99 Å². The van der Waals surface area contributed by atoms with E-state index in [2.05, 4.69) is 26.0 Å². The summed E-state index contributed by atoms with van der Waals surface area (Å²) in [5.41, 5.74) is 1.25. The Morgan fingerprint density at radius 1 is 1.45 bits per heavy atom. The Bertz CT molecular complexity index is 572. The maximum atomic E-state index is 5.27. The van der Waals surface area contributed by atoms with Crippen molar-refractivity contribution in [2.24, 2.45) is 4.99 Å². The lowest BCUT2D eigenvalue weighted by Crippen LogP contribution is -2.36. The molecule has 2 N–H and O–H groups in total. The van der Waals surface area contributed by atoms with E-state index in [4.69, 9.17) is 4.42 Å². The first-order valence-corrected chi connectivity index (χ1v) is 7.64. The van der Waals surface area contributed by atoms with Gasteiger partial charge in [-0.05, 0) is 25.0 Å². The van der Waals surface area contributed by atoms with Gasteiger partial charge in [-0.2, -0.15) is 0 Å². The molecular weight excluding hydrogens is 272 g/mol. The molecule has 0 saturated heterocycles. The van der Waals surface area contributed by atoms with Crippen LogP contribution >= 0.6 is 11.3 Å². The first-order chi connectivity index (χ1) is 9.85. The molecule has 0 bridgehead atoms. The van der Waals surface area contributed by atoms with Crippen LogP contribution in [-0.4, -0.2) is 18.0 Å². The molecule has 6 heteroatoms. The highest BCUT2D eigenvalue weighted by Crippen LogP contribution is 2.40. The Labute approximate surface area is 122 Å². The molecule has 0 amide bonds. The highest BCUT2D eigenvalue weighted by molar-refractivity contribution is 7.09. The van der Waals surface area contributed by atoms with Crippen molar-refractivity contribution in [3.05, 3.63) is 40.2 Å². The van der Waals surface area contributed by atoms with E-state index < -0.39 is 0 Å². The number of guanidine groups is 1. The van der Waals surface area contributed by atoms with Crippen LogP contribution < -0.4 is 10.6 Å². The molecule has 1 aliphatic carbocycles. The first kappa shape index (κ1) is 13.2. The third kappa shape index (κ3) is 3.39. The molecule has 3 rings (SSSR count). The molecule has 1 fully saturated rings. The van der Waals surface area contributed by atoms with E-state index in [1.54, 1.807) is 24.6 Å². The van der Waals surface area contributed by atoms with E-state index in [1.807, 2.05) is 12.1 Å². The zero-order chi connectivity index (χ0) is 13.8. The number of nitrogens with zero attached hydrogens (tertiary/aromatic N) is 2. The molecule has 0 radical (unpaired) electrons. The molecule has 0 unspecified atom stereocenters. The summed E-state index contributed by atoms with van der Waals surface area (Å²) in [6, 6.07) is 3.81. The van der Waals surface area contributed by atoms with Crippen molar-refractivity contribution >= 4 is 17.3 Å². The van der Waals surface area contributed by atoms with E-state index in [-0.39, 0.29) is 0 Å². The number of nitrogens with one attached hydrogen (secondary N) is 2. The van der Waals surface area contributed by atoms with E-state index in [1.165, 1.54) is 18.5 Å². The fourth-order valence-electron chi connectivity index (χ4n) is 1.94. The number of hydrogen-bond donors (Lipinski definition) is 2. The van der Waals surface area contributed by atoms with Gasteiger partial charge >= 0.3 is 0 Å². The first-order valence-electron chi connectivity index (χ1n) is 6.76. The molecule has 2 aromatic heterocycles. The number of thiazole rings is 1. The summed E-state index contributed by atoms with van der Waals surface area (Å²) in [5, 5.41) is 9.75.